The molecule has 1 aromatic heterocycles. The van der Waals surface area contributed by atoms with Crippen LogP contribution in [0.25, 0.3) is 11.6 Å². The molecule has 2 amide bonds. The Morgan fingerprint density at radius 1 is 1.15 bits per heavy atom. The van der Waals surface area contributed by atoms with Crippen LogP contribution in [-0.4, -0.2) is 38.3 Å². The molecule has 0 atom stereocenters. The highest BCUT2D eigenvalue weighted by atomic mass is 32.2. The number of aromatic nitrogens is 1. The van der Waals surface area contributed by atoms with Crippen LogP contribution in [0.4, 0.5) is 15.8 Å². The molecule has 0 radical (unpaired) electrons. The quantitative estimate of drug-likeness (QED) is 0.288. The van der Waals surface area contributed by atoms with E-state index in [1.54, 1.807) is 12.1 Å². The number of carbonyl (C=O) groups excluding carboxylic acids is 2. The molecule has 0 unspecified atom stereocenters. The largest absolute Gasteiger partial charge is 0.358 e. The number of nitrogens with one attached hydrogen (secondary N) is 3. The second-order valence-electron chi connectivity index (χ2n) is 10.7. The monoisotopic (exact) mass is 578 g/mol. The molecule has 2 aliphatic rings. The van der Waals surface area contributed by atoms with Crippen molar-refractivity contribution in [3.8, 4) is 0 Å². The summed E-state index contributed by atoms with van der Waals surface area (Å²) in [4.78, 5) is 29.3. The highest BCUT2D eigenvalue weighted by molar-refractivity contribution is 7.92. The van der Waals surface area contributed by atoms with Crippen LogP contribution in [0.5, 0.6) is 0 Å². The van der Waals surface area contributed by atoms with Crippen molar-refractivity contribution in [2.45, 2.75) is 58.3 Å². The standard InChI is InChI=1S/C31H35FN4O4S/c1-5-20(6-2)11-13-33-31(38)29-18(3)27(34-19(29)4)17-25-24-16-23(8-9-26(24)35-30(25)37)41(39,40)36-14-12-21-15-22(32)7-10-28(21)36/h7-10,15-17,20,34H,5-6,11-14H2,1-4H3,(H,33,38)(H,35,37)/b25-17-. The maximum atomic E-state index is 13.7. The van der Waals surface area contributed by atoms with Crippen LogP contribution in [0.3, 0.4) is 0 Å². The molecule has 3 aromatic rings. The van der Waals surface area contributed by atoms with Gasteiger partial charge in [-0.15, -0.1) is 0 Å². The number of sulfonamides is 1. The molecular formula is C31H35FN4O4S. The summed E-state index contributed by atoms with van der Waals surface area (Å²) in [7, 11) is -3.96. The van der Waals surface area contributed by atoms with Gasteiger partial charge in [0.25, 0.3) is 21.8 Å². The number of anilines is 2. The van der Waals surface area contributed by atoms with Crippen LogP contribution in [0.2, 0.25) is 0 Å². The number of aromatic amines is 1. The number of nitrogens with zero attached hydrogens (tertiary/aromatic N) is 1. The predicted molar refractivity (Wildman–Crippen MR) is 159 cm³/mol. The van der Waals surface area contributed by atoms with Gasteiger partial charge < -0.3 is 15.6 Å². The lowest BCUT2D eigenvalue weighted by atomic mass is 9.99. The number of aryl methyl sites for hydroxylation is 1. The van der Waals surface area contributed by atoms with Crippen molar-refractivity contribution in [1.82, 2.24) is 10.3 Å². The minimum atomic E-state index is -3.96. The summed E-state index contributed by atoms with van der Waals surface area (Å²) in [6.07, 6.45) is 5.14. The van der Waals surface area contributed by atoms with Crippen LogP contribution in [-0.2, 0) is 21.2 Å². The average Bonchev–Trinajstić information content (AvgIpc) is 3.59. The molecule has 3 N–H and O–H groups in total. The summed E-state index contributed by atoms with van der Waals surface area (Å²) < 4.78 is 42.2. The lowest BCUT2D eigenvalue weighted by Gasteiger charge is -2.20. The van der Waals surface area contributed by atoms with Crippen molar-refractivity contribution >= 4 is 44.9 Å². The molecule has 0 aliphatic carbocycles. The molecule has 0 saturated heterocycles. The number of amides is 2. The van der Waals surface area contributed by atoms with Crippen molar-refractivity contribution < 1.29 is 22.4 Å². The predicted octanol–water partition coefficient (Wildman–Crippen LogP) is 5.57. The van der Waals surface area contributed by atoms with Gasteiger partial charge in [-0.2, -0.15) is 0 Å². The van der Waals surface area contributed by atoms with Crippen molar-refractivity contribution in [1.29, 1.82) is 0 Å². The van der Waals surface area contributed by atoms with E-state index >= 15 is 0 Å². The van der Waals surface area contributed by atoms with Crippen LogP contribution in [0.15, 0.2) is 41.3 Å². The third-order valence-electron chi connectivity index (χ3n) is 8.24. The van der Waals surface area contributed by atoms with Gasteiger partial charge >= 0.3 is 0 Å². The zero-order valence-corrected chi connectivity index (χ0v) is 24.5. The van der Waals surface area contributed by atoms with Gasteiger partial charge in [-0.05, 0) is 86.2 Å². The van der Waals surface area contributed by atoms with Crippen molar-refractivity contribution in [3.63, 3.8) is 0 Å². The van der Waals surface area contributed by atoms with E-state index in [0.717, 1.165) is 19.3 Å². The minimum absolute atomic E-state index is 0.0349. The Bertz CT molecular complexity index is 1670. The molecule has 41 heavy (non-hydrogen) atoms. The first-order valence-corrected chi connectivity index (χ1v) is 15.4. The summed E-state index contributed by atoms with van der Waals surface area (Å²) in [6, 6.07) is 8.63. The first kappa shape index (κ1) is 28.6. The smallest absolute Gasteiger partial charge is 0.264 e. The molecule has 10 heteroatoms. The number of H-pyrrole nitrogens is 1. The number of benzene rings is 2. The zero-order chi connectivity index (χ0) is 29.5. The Morgan fingerprint density at radius 3 is 2.63 bits per heavy atom. The first-order chi connectivity index (χ1) is 19.5. The molecular weight excluding hydrogens is 543 g/mol. The maximum Gasteiger partial charge on any atom is 0.264 e. The fourth-order valence-corrected chi connectivity index (χ4v) is 7.30. The summed E-state index contributed by atoms with van der Waals surface area (Å²) >= 11 is 0. The summed E-state index contributed by atoms with van der Waals surface area (Å²) in [5.74, 6) is -0.361. The molecule has 216 valence electrons. The second kappa shape index (κ2) is 11.2. The van der Waals surface area contributed by atoms with Gasteiger partial charge in [-0.3, -0.25) is 13.9 Å². The van der Waals surface area contributed by atoms with Gasteiger partial charge in [0.15, 0.2) is 0 Å². The van der Waals surface area contributed by atoms with Crippen molar-refractivity contribution in [3.05, 3.63) is 75.9 Å². The van der Waals surface area contributed by atoms with Crippen LogP contribution in [0, 0.1) is 25.6 Å². The third-order valence-corrected chi connectivity index (χ3v) is 10.1. The number of hydrogen-bond donors (Lipinski definition) is 3. The molecule has 8 nitrogen and oxygen atoms in total. The number of fused-ring (bicyclic) bond motifs is 2. The van der Waals surface area contributed by atoms with Crippen LogP contribution < -0.4 is 14.9 Å². The number of hydrogen-bond acceptors (Lipinski definition) is 4. The van der Waals surface area contributed by atoms with Crippen LogP contribution >= 0.6 is 0 Å². The van der Waals surface area contributed by atoms with E-state index < -0.39 is 15.8 Å². The molecule has 0 spiro atoms. The van der Waals surface area contributed by atoms with E-state index in [1.165, 1.54) is 34.6 Å². The average molecular weight is 579 g/mol. The molecule has 0 fully saturated rings. The fourth-order valence-electron chi connectivity index (χ4n) is 5.77. The summed E-state index contributed by atoms with van der Waals surface area (Å²) in [5.41, 5.74) is 4.90. The molecule has 3 heterocycles. The highest BCUT2D eigenvalue weighted by Gasteiger charge is 2.33. The lowest BCUT2D eigenvalue weighted by molar-refractivity contribution is -0.110. The molecule has 0 saturated carbocycles. The van der Waals surface area contributed by atoms with E-state index in [2.05, 4.69) is 29.5 Å². The molecule has 0 bridgehead atoms. The van der Waals surface area contributed by atoms with E-state index in [0.29, 0.717) is 69.5 Å². The Hall–Kier alpha value is -3.92. The van der Waals surface area contributed by atoms with Gasteiger partial charge in [-0.25, -0.2) is 12.8 Å². The number of halogens is 1. The fraction of sp³-hybridized carbons (Fsp3) is 0.355. The van der Waals surface area contributed by atoms with Gasteiger partial charge in [-0.1, -0.05) is 26.7 Å². The van der Waals surface area contributed by atoms with E-state index in [1.807, 2.05) is 13.8 Å². The van der Waals surface area contributed by atoms with E-state index in [-0.39, 0.29) is 23.3 Å². The summed E-state index contributed by atoms with van der Waals surface area (Å²) in [5, 5.41) is 5.82. The van der Waals surface area contributed by atoms with Gasteiger partial charge in [0.1, 0.15) is 5.82 Å². The maximum absolute atomic E-state index is 13.7. The first-order valence-electron chi connectivity index (χ1n) is 14.0. The van der Waals surface area contributed by atoms with Gasteiger partial charge in [0.2, 0.25) is 0 Å². The molecule has 2 aliphatic heterocycles. The van der Waals surface area contributed by atoms with Gasteiger partial charge in [0, 0.05) is 35.7 Å². The number of carbonyl (C=O) groups is 2. The lowest BCUT2D eigenvalue weighted by Crippen LogP contribution is -2.29. The Morgan fingerprint density at radius 2 is 1.90 bits per heavy atom. The van der Waals surface area contributed by atoms with Crippen LogP contribution in [0.1, 0.15) is 71.5 Å². The molecule has 2 aromatic carbocycles. The topological polar surface area (TPSA) is 111 Å². The SMILES string of the molecule is CCC(CC)CCNC(=O)c1c(C)[nH]c(/C=C2\C(=O)Nc3ccc(S(=O)(=O)N4CCc5cc(F)ccc54)cc32)c1C. The van der Waals surface area contributed by atoms with E-state index in [4.69, 9.17) is 0 Å². The Balaban J connectivity index is 1.43. The minimum Gasteiger partial charge on any atom is -0.358 e. The summed E-state index contributed by atoms with van der Waals surface area (Å²) in [6.45, 7) is 8.75. The van der Waals surface area contributed by atoms with Gasteiger partial charge in [0.05, 0.1) is 21.7 Å². The van der Waals surface area contributed by atoms with Crippen molar-refractivity contribution in [2.24, 2.45) is 5.92 Å². The van der Waals surface area contributed by atoms with Crippen molar-refractivity contribution in [2.75, 3.05) is 22.7 Å². The van der Waals surface area contributed by atoms with E-state index in [9.17, 15) is 22.4 Å². The zero-order valence-electron chi connectivity index (χ0n) is 23.7. The highest BCUT2D eigenvalue weighted by Crippen LogP contribution is 2.38. The number of rotatable bonds is 9. The third kappa shape index (κ3) is 5.28. The Labute approximate surface area is 240 Å². The molecule has 5 rings (SSSR count). The Kier molecular flexibility index (Phi) is 7.78. The second-order valence-corrected chi connectivity index (χ2v) is 12.6. The normalized spacial score (nSPS) is 15.4.